The fourth-order valence-corrected chi connectivity index (χ4v) is 13.8. The van der Waals surface area contributed by atoms with E-state index < -0.39 is 5.41 Å². The molecule has 0 spiro atoms. The first-order valence-corrected chi connectivity index (χ1v) is 27.0. The van der Waals surface area contributed by atoms with Crippen molar-refractivity contribution in [2.45, 2.75) is 5.41 Å². The molecule has 0 aliphatic heterocycles. The van der Waals surface area contributed by atoms with Crippen LogP contribution in [-0.2, 0) is 5.41 Å². The molecule has 2 heterocycles. The summed E-state index contributed by atoms with van der Waals surface area (Å²) in [5, 5.41) is 5.16. The summed E-state index contributed by atoms with van der Waals surface area (Å²) in [5.41, 5.74) is 21.3. The van der Waals surface area contributed by atoms with Gasteiger partial charge in [-0.15, -0.1) is 11.3 Å². The number of fused-ring (bicyclic) bond motifs is 9. The van der Waals surface area contributed by atoms with Crippen molar-refractivity contribution in [3.63, 3.8) is 0 Å². The molecule has 0 amide bonds. The Balaban J connectivity index is 0.822. The van der Waals surface area contributed by atoms with Gasteiger partial charge in [0.15, 0.2) is 0 Å². The van der Waals surface area contributed by atoms with Crippen LogP contribution in [0.2, 0.25) is 0 Å². The Labute approximate surface area is 446 Å². The minimum Gasteiger partial charge on any atom is -0.311 e. The molecule has 356 valence electrons. The van der Waals surface area contributed by atoms with Gasteiger partial charge in [-0.05, 0) is 133 Å². The predicted octanol–water partition coefficient (Wildman–Crippen LogP) is 20.0. The lowest BCUT2D eigenvalue weighted by Gasteiger charge is -2.34. The maximum atomic E-state index is 2.39. The third-order valence-corrected chi connectivity index (χ3v) is 17.1. The van der Waals surface area contributed by atoms with Crippen molar-refractivity contribution < 1.29 is 0 Å². The van der Waals surface area contributed by atoms with E-state index in [1.54, 1.807) is 0 Å². The van der Waals surface area contributed by atoms with Crippen molar-refractivity contribution in [3.8, 4) is 50.2 Å². The molecule has 0 fully saturated rings. The molecule has 15 rings (SSSR count). The maximum absolute atomic E-state index is 2.39. The van der Waals surface area contributed by atoms with Crippen molar-refractivity contribution in [3.05, 3.63) is 313 Å². The highest BCUT2D eigenvalue weighted by Gasteiger charge is 2.46. The summed E-state index contributed by atoms with van der Waals surface area (Å²) < 4.78 is 5.01. The van der Waals surface area contributed by atoms with Crippen molar-refractivity contribution >= 4 is 70.4 Å². The lowest BCUT2D eigenvalue weighted by molar-refractivity contribution is 0.768. The number of rotatable bonds is 9. The van der Waals surface area contributed by atoms with Crippen molar-refractivity contribution in [1.29, 1.82) is 0 Å². The summed E-state index contributed by atoms with van der Waals surface area (Å²) in [4.78, 5) is 2.39. The normalized spacial score (nSPS) is 12.6. The molecular weight excluding hydrogens is 937 g/mol. The Kier molecular flexibility index (Phi) is 10.3. The zero-order valence-corrected chi connectivity index (χ0v) is 42.3. The van der Waals surface area contributed by atoms with Crippen LogP contribution in [0.4, 0.5) is 17.1 Å². The summed E-state index contributed by atoms with van der Waals surface area (Å²) in [6.45, 7) is 0. The van der Waals surface area contributed by atoms with Gasteiger partial charge in [0, 0.05) is 53.7 Å². The topological polar surface area (TPSA) is 8.17 Å². The number of hydrogen-bond donors (Lipinski definition) is 0. The molecule has 0 N–H and O–H groups in total. The van der Waals surface area contributed by atoms with E-state index in [1.807, 2.05) is 11.3 Å². The van der Waals surface area contributed by atoms with Gasteiger partial charge in [0.1, 0.15) is 0 Å². The predicted molar refractivity (Wildman–Crippen MR) is 322 cm³/mol. The molecule has 3 heteroatoms. The molecule has 14 aromatic rings. The van der Waals surface area contributed by atoms with Crippen molar-refractivity contribution in [2.75, 3.05) is 4.90 Å². The van der Waals surface area contributed by atoms with Crippen LogP contribution in [0, 0.1) is 0 Å². The van der Waals surface area contributed by atoms with E-state index in [0.29, 0.717) is 0 Å². The van der Waals surface area contributed by atoms with Gasteiger partial charge in [0.25, 0.3) is 0 Å². The average molecular weight is 985 g/mol. The Bertz CT molecular complexity index is 4380. The van der Waals surface area contributed by atoms with Crippen LogP contribution in [0.5, 0.6) is 0 Å². The van der Waals surface area contributed by atoms with E-state index in [0.717, 1.165) is 22.7 Å². The minimum atomic E-state index is -0.462. The maximum Gasteiger partial charge on any atom is 0.0713 e. The second kappa shape index (κ2) is 17.8. The highest BCUT2D eigenvalue weighted by molar-refractivity contribution is 7.26. The first-order valence-electron chi connectivity index (χ1n) is 26.2. The molecule has 1 aliphatic carbocycles. The van der Waals surface area contributed by atoms with Gasteiger partial charge in [-0.2, -0.15) is 0 Å². The first kappa shape index (κ1) is 44.0. The van der Waals surface area contributed by atoms with Gasteiger partial charge in [-0.25, -0.2) is 0 Å². The number of nitrogens with zero attached hydrogens (tertiary/aromatic N) is 2. The number of anilines is 3. The molecule has 0 saturated carbocycles. The van der Waals surface area contributed by atoms with Gasteiger partial charge < -0.3 is 9.47 Å². The second-order valence-electron chi connectivity index (χ2n) is 19.9. The minimum absolute atomic E-state index is 0.462. The summed E-state index contributed by atoms with van der Waals surface area (Å²) >= 11 is 1.88. The van der Waals surface area contributed by atoms with Crippen molar-refractivity contribution in [1.82, 2.24) is 4.57 Å². The molecule has 0 bridgehead atoms. The quantitative estimate of drug-likeness (QED) is 0.140. The van der Waals surface area contributed by atoms with E-state index in [1.165, 1.54) is 109 Å². The molecule has 0 unspecified atom stereocenters. The lowest BCUT2D eigenvalue weighted by Crippen LogP contribution is -2.28. The highest BCUT2D eigenvalue weighted by atomic mass is 32.1. The number of thiophene rings is 1. The Morgan fingerprint density at radius 3 is 1.36 bits per heavy atom. The van der Waals surface area contributed by atoms with E-state index in [9.17, 15) is 0 Å². The largest absolute Gasteiger partial charge is 0.311 e. The number of aromatic nitrogens is 1. The number of para-hydroxylation sites is 2. The molecule has 1 aliphatic rings. The number of hydrogen-bond acceptors (Lipinski definition) is 2. The SMILES string of the molecule is c1ccc(C2(c3ccccc3)c3ccccc3-c3c(-c4ccc(N(c5ccc(-c6ccc(-n7c8ccccc8c8ccccc87)cc6)cc5)c5ccc(-c6cccc7c6sc6ccccc67)cc5)cc4)cccc32)cc1. The lowest BCUT2D eigenvalue weighted by atomic mass is 9.67. The Morgan fingerprint density at radius 2 is 0.737 bits per heavy atom. The summed E-state index contributed by atoms with van der Waals surface area (Å²) in [5.74, 6) is 0. The van der Waals surface area contributed by atoms with Gasteiger partial charge >= 0.3 is 0 Å². The molecule has 2 nitrogen and oxygen atoms in total. The second-order valence-corrected chi connectivity index (χ2v) is 21.0. The third-order valence-electron chi connectivity index (χ3n) is 15.9. The summed E-state index contributed by atoms with van der Waals surface area (Å²) in [6.07, 6.45) is 0. The van der Waals surface area contributed by atoms with Gasteiger partial charge in [0.05, 0.1) is 16.4 Å². The molecule has 0 saturated heterocycles. The van der Waals surface area contributed by atoms with Gasteiger partial charge in [-0.1, -0.05) is 224 Å². The average Bonchev–Trinajstić information content (AvgIpc) is 4.20. The zero-order chi connectivity index (χ0) is 50.2. The summed E-state index contributed by atoms with van der Waals surface area (Å²) in [7, 11) is 0. The van der Waals surface area contributed by atoms with Crippen LogP contribution in [0.1, 0.15) is 22.3 Å². The smallest absolute Gasteiger partial charge is 0.0713 e. The van der Waals surface area contributed by atoms with Crippen LogP contribution >= 0.6 is 11.3 Å². The Hall–Kier alpha value is -9.54. The first-order chi connectivity index (χ1) is 37.7. The molecule has 0 radical (unpaired) electrons. The summed E-state index contributed by atoms with van der Waals surface area (Å²) in [6, 6.07) is 107. The zero-order valence-electron chi connectivity index (χ0n) is 41.5. The fraction of sp³-hybridized carbons (Fsp3) is 0.0137. The van der Waals surface area contributed by atoms with Crippen LogP contribution in [0.3, 0.4) is 0 Å². The van der Waals surface area contributed by atoms with Gasteiger partial charge in [0.2, 0.25) is 0 Å². The standard InChI is InChI=1S/C73H48N2S/c1-3-17-53(18-4-1)73(54-19-5-2-6-20-54)66-28-11-7-24-65(66)71-59(25-16-29-67(71)73)51-37-45-56(46-38-51)74(57-47-39-52(40-48-57)60-26-15-27-64-63-23-10-14-32-70(63)76-72(60)64)55-41-33-49(34-42-55)50-35-43-58(44-36-50)75-68-30-12-8-21-61(68)62-22-9-13-31-69(62)75/h1-48H. The molecular formula is C73H48N2S. The monoisotopic (exact) mass is 984 g/mol. The van der Waals surface area contributed by atoms with Crippen LogP contribution in [0.25, 0.3) is 92.2 Å². The van der Waals surface area contributed by atoms with E-state index in [-0.39, 0.29) is 0 Å². The van der Waals surface area contributed by atoms with E-state index in [2.05, 4.69) is 301 Å². The highest BCUT2D eigenvalue weighted by Crippen LogP contribution is 2.58. The fourth-order valence-electron chi connectivity index (χ4n) is 12.5. The van der Waals surface area contributed by atoms with Crippen LogP contribution in [-0.4, -0.2) is 4.57 Å². The van der Waals surface area contributed by atoms with Crippen LogP contribution in [0.15, 0.2) is 291 Å². The molecule has 76 heavy (non-hydrogen) atoms. The molecule has 12 aromatic carbocycles. The third kappa shape index (κ3) is 6.86. The van der Waals surface area contributed by atoms with Crippen LogP contribution < -0.4 is 4.90 Å². The molecule has 0 atom stereocenters. The van der Waals surface area contributed by atoms with E-state index in [4.69, 9.17) is 0 Å². The Morgan fingerprint density at radius 1 is 0.303 bits per heavy atom. The van der Waals surface area contributed by atoms with Crippen molar-refractivity contribution in [2.24, 2.45) is 0 Å². The van der Waals surface area contributed by atoms with Gasteiger partial charge in [-0.3, -0.25) is 0 Å². The molecule has 2 aromatic heterocycles. The number of benzene rings is 12. The van der Waals surface area contributed by atoms with E-state index >= 15 is 0 Å².